The van der Waals surface area contributed by atoms with Gasteiger partial charge in [-0.15, -0.1) is 0 Å². The third kappa shape index (κ3) is 4.13. The van der Waals surface area contributed by atoms with E-state index in [1.807, 2.05) is 4.90 Å². The number of likely N-dealkylation sites (tertiary alicyclic amines) is 1. The molecule has 3 N–H and O–H groups in total. The topological polar surface area (TPSA) is 92.5 Å². The second kappa shape index (κ2) is 6.97. The van der Waals surface area contributed by atoms with Gasteiger partial charge in [0.2, 0.25) is 17.7 Å². The first kappa shape index (κ1) is 15.2. The molecule has 0 aromatic carbocycles. The Morgan fingerprint density at radius 3 is 2.95 bits per heavy atom. The van der Waals surface area contributed by atoms with Gasteiger partial charge in [0.1, 0.15) is 0 Å². The number of hydrogen-bond acceptors (Lipinski definition) is 4. The summed E-state index contributed by atoms with van der Waals surface area (Å²) in [5.74, 6) is 1.21. The maximum atomic E-state index is 12.1. The molecule has 0 bridgehead atoms. The standard InChI is InChI=1S/C13H21N3O3S/c14-11(17)8-20-6-4-13(19)16-5-3-10-9(7-16)1-2-12(18)15-10/h9-10H,1-8H2,(H2,14,17)(H,15,18). The number of rotatable bonds is 5. The molecular weight excluding hydrogens is 278 g/mol. The molecule has 0 spiro atoms. The molecule has 2 aliphatic rings. The summed E-state index contributed by atoms with van der Waals surface area (Å²) in [7, 11) is 0. The Morgan fingerprint density at radius 2 is 2.20 bits per heavy atom. The highest BCUT2D eigenvalue weighted by molar-refractivity contribution is 7.99. The van der Waals surface area contributed by atoms with Crippen molar-refractivity contribution in [2.45, 2.75) is 31.7 Å². The molecule has 2 atom stereocenters. The molecule has 2 heterocycles. The highest BCUT2D eigenvalue weighted by atomic mass is 32.2. The SMILES string of the molecule is NC(=O)CSCCC(=O)N1CCC2NC(=O)CCC2C1. The van der Waals surface area contributed by atoms with Gasteiger partial charge in [0.05, 0.1) is 5.75 Å². The smallest absolute Gasteiger partial charge is 0.227 e. The molecule has 2 aliphatic heterocycles. The largest absolute Gasteiger partial charge is 0.369 e. The molecule has 0 saturated carbocycles. The quantitative estimate of drug-likeness (QED) is 0.683. The Bertz CT molecular complexity index is 402. The van der Waals surface area contributed by atoms with E-state index < -0.39 is 0 Å². The fourth-order valence-corrected chi connectivity index (χ4v) is 3.49. The van der Waals surface area contributed by atoms with Gasteiger partial charge in [-0.25, -0.2) is 0 Å². The highest BCUT2D eigenvalue weighted by Gasteiger charge is 2.34. The van der Waals surface area contributed by atoms with Crippen LogP contribution in [0.2, 0.25) is 0 Å². The van der Waals surface area contributed by atoms with Crippen molar-refractivity contribution in [3.63, 3.8) is 0 Å². The number of thioether (sulfide) groups is 1. The van der Waals surface area contributed by atoms with Gasteiger partial charge in [0.25, 0.3) is 0 Å². The predicted molar refractivity (Wildman–Crippen MR) is 77.0 cm³/mol. The fourth-order valence-electron chi connectivity index (χ4n) is 2.83. The summed E-state index contributed by atoms with van der Waals surface area (Å²) in [6.07, 6.45) is 2.73. The summed E-state index contributed by atoms with van der Waals surface area (Å²) in [5.41, 5.74) is 5.05. The van der Waals surface area contributed by atoms with Crippen LogP contribution < -0.4 is 11.1 Å². The van der Waals surface area contributed by atoms with Gasteiger partial charge in [-0.2, -0.15) is 11.8 Å². The lowest BCUT2D eigenvalue weighted by Gasteiger charge is -2.41. The van der Waals surface area contributed by atoms with Crippen LogP contribution in [0.15, 0.2) is 0 Å². The van der Waals surface area contributed by atoms with Crippen LogP contribution in [0.5, 0.6) is 0 Å². The minimum absolute atomic E-state index is 0.133. The van der Waals surface area contributed by atoms with Gasteiger partial charge in [-0.05, 0) is 18.8 Å². The van der Waals surface area contributed by atoms with E-state index in [1.54, 1.807) is 0 Å². The minimum Gasteiger partial charge on any atom is -0.369 e. The number of carbonyl (C=O) groups is 3. The van der Waals surface area contributed by atoms with Gasteiger partial charge < -0.3 is 16.0 Å². The molecule has 3 amide bonds. The number of nitrogens with zero attached hydrogens (tertiary/aromatic N) is 1. The Labute approximate surface area is 122 Å². The van der Waals surface area contributed by atoms with Gasteiger partial charge in [0, 0.05) is 37.7 Å². The number of hydrogen-bond donors (Lipinski definition) is 2. The molecule has 0 radical (unpaired) electrons. The zero-order valence-electron chi connectivity index (χ0n) is 11.5. The summed E-state index contributed by atoms with van der Waals surface area (Å²) < 4.78 is 0. The van der Waals surface area contributed by atoms with E-state index in [9.17, 15) is 14.4 Å². The molecule has 0 aromatic rings. The summed E-state index contributed by atoms with van der Waals surface area (Å²) in [4.78, 5) is 35.9. The number of nitrogens with two attached hydrogens (primary N) is 1. The number of amides is 3. The van der Waals surface area contributed by atoms with Crippen molar-refractivity contribution < 1.29 is 14.4 Å². The Hall–Kier alpha value is -1.24. The third-order valence-corrected chi connectivity index (χ3v) is 4.86. The van der Waals surface area contributed by atoms with Crippen molar-refractivity contribution in [1.29, 1.82) is 0 Å². The second-order valence-corrected chi connectivity index (χ2v) is 6.48. The summed E-state index contributed by atoms with van der Waals surface area (Å²) in [5, 5.41) is 3.01. The zero-order valence-corrected chi connectivity index (χ0v) is 12.3. The lowest BCUT2D eigenvalue weighted by molar-refractivity contribution is -0.134. The van der Waals surface area contributed by atoms with Gasteiger partial charge >= 0.3 is 0 Å². The Morgan fingerprint density at radius 1 is 1.40 bits per heavy atom. The lowest BCUT2D eigenvalue weighted by Crippen LogP contribution is -2.55. The molecule has 112 valence electrons. The van der Waals surface area contributed by atoms with Crippen molar-refractivity contribution in [1.82, 2.24) is 10.2 Å². The van der Waals surface area contributed by atoms with E-state index in [2.05, 4.69) is 5.32 Å². The Kier molecular flexibility index (Phi) is 5.28. The van der Waals surface area contributed by atoms with Crippen LogP contribution in [-0.2, 0) is 14.4 Å². The highest BCUT2D eigenvalue weighted by Crippen LogP contribution is 2.25. The first-order chi connectivity index (χ1) is 9.56. The average molecular weight is 299 g/mol. The van der Waals surface area contributed by atoms with E-state index in [4.69, 9.17) is 5.73 Å². The first-order valence-corrected chi connectivity index (χ1v) is 8.15. The van der Waals surface area contributed by atoms with Gasteiger partial charge in [-0.1, -0.05) is 0 Å². The Balaban J connectivity index is 1.72. The number of piperidine rings is 2. The van der Waals surface area contributed by atoms with Crippen LogP contribution in [0.25, 0.3) is 0 Å². The van der Waals surface area contributed by atoms with Crippen molar-refractivity contribution in [3.8, 4) is 0 Å². The normalized spacial score (nSPS) is 25.8. The molecule has 2 fully saturated rings. The summed E-state index contributed by atoms with van der Waals surface area (Å²) >= 11 is 1.40. The van der Waals surface area contributed by atoms with Crippen LogP contribution in [0.1, 0.15) is 25.7 Å². The molecule has 0 aromatic heterocycles. The first-order valence-electron chi connectivity index (χ1n) is 6.99. The van der Waals surface area contributed by atoms with E-state index in [1.165, 1.54) is 11.8 Å². The van der Waals surface area contributed by atoms with Crippen LogP contribution in [-0.4, -0.2) is 53.3 Å². The van der Waals surface area contributed by atoms with Crippen LogP contribution in [0.3, 0.4) is 0 Å². The zero-order chi connectivity index (χ0) is 14.5. The molecule has 20 heavy (non-hydrogen) atoms. The fraction of sp³-hybridized carbons (Fsp3) is 0.769. The van der Waals surface area contributed by atoms with Gasteiger partial charge in [-0.3, -0.25) is 14.4 Å². The minimum atomic E-state index is -0.346. The molecule has 6 nitrogen and oxygen atoms in total. The van der Waals surface area contributed by atoms with E-state index in [0.717, 1.165) is 19.4 Å². The predicted octanol–water partition coefficient (Wildman–Crippen LogP) is -0.278. The van der Waals surface area contributed by atoms with E-state index >= 15 is 0 Å². The van der Waals surface area contributed by atoms with Crippen LogP contribution >= 0.6 is 11.8 Å². The van der Waals surface area contributed by atoms with Crippen molar-refractivity contribution in [2.24, 2.45) is 11.7 Å². The number of nitrogens with one attached hydrogen (secondary N) is 1. The van der Waals surface area contributed by atoms with Crippen molar-refractivity contribution >= 4 is 29.5 Å². The summed E-state index contributed by atoms with van der Waals surface area (Å²) in [6, 6.07) is 0.240. The van der Waals surface area contributed by atoms with E-state index in [-0.39, 0.29) is 29.5 Å². The second-order valence-electron chi connectivity index (χ2n) is 5.37. The third-order valence-electron chi connectivity index (χ3n) is 3.88. The van der Waals surface area contributed by atoms with Crippen LogP contribution in [0, 0.1) is 5.92 Å². The van der Waals surface area contributed by atoms with Crippen LogP contribution in [0.4, 0.5) is 0 Å². The lowest BCUT2D eigenvalue weighted by atomic mass is 9.85. The maximum absolute atomic E-state index is 12.1. The number of primary amides is 1. The molecule has 7 heteroatoms. The maximum Gasteiger partial charge on any atom is 0.227 e. The molecule has 2 saturated heterocycles. The van der Waals surface area contributed by atoms with Crippen molar-refractivity contribution in [2.75, 3.05) is 24.6 Å². The molecule has 2 unspecified atom stereocenters. The van der Waals surface area contributed by atoms with Crippen molar-refractivity contribution in [3.05, 3.63) is 0 Å². The van der Waals surface area contributed by atoms with E-state index in [0.29, 0.717) is 31.1 Å². The number of carbonyl (C=O) groups excluding carboxylic acids is 3. The van der Waals surface area contributed by atoms with Gasteiger partial charge in [0.15, 0.2) is 0 Å². The average Bonchev–Trinajstić information content (AvgIpc) is 2.42. The summed E-state index contributed by atoms with van der Waals surface area (Å²) in [6.45, 7) is 1.45. The monoisotopic (exact) mass is 299 g/mol. The molecule has 0 aliphatic carbocycles. The molecular formula is C13H21N3O3S. The molecule has 2 rings (SSSR count). The number of fused-ring (bicyclic) bond motifs is 1.